The summed E-state index contributed by atoms with van der Waals surface area (Å²) in [6.07, 6.45) is 12.0. The van der Waals surface area contributed by atoms with Gasteiger partial charge in [0.2, 0.25) is 3.79 Å². The zero-order chi connectivity index (χ0) is 12.5. The van der Waals surface area contributed by atoms with Crippen LogP contribution in [0.5, 0.6) is 0 Å². The Morgan fingerprint density at radius 1 is 1.00 bits per heavy atom. The van der Waals surface area contributed by atoms with Crippen LogP contribution in [0.15, 0.2) is 54.9 Å². The Kier molecular flexibility index (Phi) is 3.53. The van der Waals surface area contributed by atoms with Gasteiger partial charge in [-0.2, -0.15) is 4.57 Å². The van der Waals surface area contributed by atoms with Gasteiger partial charge in [-0.05, 0) is 19.1 Å². The van der Waals surface area contributed by atoms with Crippen molar-refractivity contribution < 1.29 is 4.57 Å². The van der Waals surface area contributed by atoms with Gasteiger partial charge in [0.25, 0.3) is 0 Å². The maximum absolute atomic E-state index is 5.97. The molecule has 0 saturated heterocycles. The lowest BCUT2D eigenvalue weighted by atomic mass is 9.86. The summed E-state index contributed by atoms with van der Waals surface area (Å²) in [5.41, 5.74) is -0.552. The van der Waals surface area contributed by atoms with Gasteiger partial charge in [0.15, 0.2) is 18.4 Å². The van der Waals surface area contributed by atoms with E-state index in [1.807, 2.05) is 61.8 Å². The highest BCUT2D eigenvalue weighted by Crippen LogP contribution is 2.48. The van der Waals surface area contributed by atoms with Crippen molar-refractivity contribution in [2.75, 3.05) is 0 Å². The van der Waals surface area contributed by atoms with Gasteiger partial charge in [0, 0.05) is 12.1 Å². The molecule has 0 atom stereocenters. The molecular weight excluding hydrogens is 277 g/mol. The molecule has 0 saturated carbocycles. The van der Waals surface area contributed by atoms with E-state index in [4.69, 9.17) is 34.8 Å². The number of hydrogen-bond donors (Lipinski definition) is 0. The maximum atomic E-state index is 5.97. The lowest BCUT2D eigenvalue weighted by Crippen LogP contribution is -2.39. The molecule has 0 spiro atoms. The average Bonchev–Trinajstić information content (AvgIpc) is 2.30. The van der Waals surface area contributed by atoms with Gasteiger partial charge in [0.05, 0.1) is 5.41 Å². The minimum atomic E-state index is -1.33. The van der Waals surface area contributed by atoms with Crippen LogP contribution in [0.25, 0.3) is 0 Å². The zero-order valence-corrected chi connectivity index (χ0v) is 11.6. The van der Waals surface area contributed by atoms with Crippen LogP contribution >= 0.6 is 34.8 Å². The molecule has 0 unspecified atom stereocenters. The fraction of sp³-hybridized carbons (Fsp3) is 0.308. The van der Waals surface area contributed by atoms with Crippen LogP contribution in [0, 0.1) is 5.41 Å². The predicted molar refractivity (Wildman–Crippen MR) is 72.4 cm³/mol. The molecule has 90 valence electrons. The summed E-state index contributed by atoms with van der Waals surface area (Å²) in [5, 5.41) is 0. The van der Waals surface area contributed by atoms with Crippen molar-refractivity contribution in [3.63, 3.8) is 0 Å². The van der Waals surface area contributed by atoms with E-state index in [1.54, 1.807) is 0 Å². The van der Waals surface area contributed by atoms with E-state index in [2.05, 4.69) is 4.57 Å². The van der Waals surface area contributed by atoms with E-state index in [-0.39, 0.29) is 6.04 Å². The Balaban J connectivity index is 2.22. The molecule has 0 fully saturated rings. The highest BCUT2D eigenvalue weighted by molar-refractivity contribution is 6.68. The lowest BCUT2D eigenvalue weighted by molar-refractivity contribution is -0.702. The third-order valence-electron chi connectivity index (χ3n) is 2.97. The minimum Gasteiger partial charge on any atom is -0.195 e. The fourth-order valence-corrected chi connectivity index (χ4v) is 2.09. The first kappa shape index (κ1) is 12.9. The molecule has 0 N–H and O–H groups in total. The van der Waals surface area contributed by atoms with Crippen LogP contribution in [0.2, 0.25) is 0 Å². The quantitative estimate of drug-likeness (QED) is 0.418. The van der Waals surface area contributed by atoms with Crippen LogP contribution in [-0.4, -0.2) is 3.79 Å². The van der Waals surface area contributed by atoms with Crippen molar-refractivity contribution in [3.05, 3.63) is 54.9 Å². The molecule has 1 heterocycles. The van der Waals surface area contributed by atoms with Crippen LogP contribution in [-0.2, 0) is 0 Å². The largest absolute Gasteiger partial charge is 0.202 e. The molecule has 0 bridgehead atoms. The summed E-state index contributed by atoms with van der Waals surface area (Å²) >= 11 is 17.9. The molecule has 0 radical (unpaired) electrons. The highest BCUT2D eigenvalue weighted by Gasteiger charge is 2.42. The molecule has 2 rings (SSSR count). The summed E-state index contributed by atoms with van der Waals surface area (Å²) in [4.78, 5) is 0. The van der Waals surface area contributed by atoms with Gasteiger partial charge in [-0.1, -0.05) is 53.0 Å². The molecule has 17 heavy (non-hydrogen) atoms. The number of halogens is 3. The molecule has 1 aromatic heterocycles. The van der Waals surface area contributed by atoms with E-state index in [9.17, 15) is 0 Å². The van der Waals surface area contributed by atoms with E-state index < -0.39 is 9.21 Å². The molecule has 1 aliphatic carbocycles. The Hall–Kier alpha value is -0.500. The van der Waals surface area contributed by atoms with Gasteiger partial charge in [-0.3, -0.25) is 0 Å². The summed E-state index contributed by atoms with van der Waals surface area (Å²) < 4.78 is 0.761. The van der Waals surface area contributed by atoms with Crippen LogP contribution in [0.4, 0.5) is 0 Å². The normalized spacial score (nSPS) is 28.4. The van der Waals surface area contributed by atoms with Gasteiger partial charge >= 0.3 is 0 Å². The number of aromatic nitrogens is 1. The lowest BCUT2D eigenvalue weighted by Gasteiger charge is -2.32. The fourth-order valence-electron chi connectivity index (χ4n) is 1.72. The first-order chi connectivity index (χ1) is 7.92. The van der Waals surface area contributed by atoms with Crippen LogP contribution < -0.4 is 4.57 Å². The Bertz CT molecular complexity index is 431. The topological polar surface area (TPSA) is 3.88 Å². The van der Waals surface area contributed by atoms with Gasteiger partial charge in [-0.25, -0.2) is 0 Å². The molecule has 4 heteroatoms. The van der Waals surface area contributed by atoms with Crippen molar-refractivity contribution in [3.8, 4) is 0 Å². The van der Waals surface area contributed by atoms with E-state index >= 15 is 0 Å². The van der Waals surface area contributed by atoms with E-state index in [1.165, 1.54) is 0 Å². The number of rotatable bonds is 1. The Morgan fingerprint density at radius 2 is 1.53 bits per heavy atom. The molecule has 1 aliphatic rings. The number of nitrogens with zero attached hydrogens (tertiary/aromatic N) is 1. The van der Waals surface area contributed by atoms with Gasteiger partial charge < -0.3 is 0 Å². The Labute approximate surface area is 116 Å². The van der Waals surface area contributed by atoms with E-state index in [0.29, 0.717) is 0 Å². The standard InChI is InChI=1S/C13H13Cl3N/c1-12(13(14,15)16)7-5-11(6-8-12)17-9-3-2-4-10-17/h2-11H,1H3/q+1. The first-order valence-electron chi connectivity index (χ1n) is 5.34. The third kappa shape index (κ3) is 2.67. The molecule has 0 aromatic carbocycles. The average molecular weight is 290 g/mol. The molecular formula is C13H13Cl3N+. The number of allylic oxidation sites excluding steroid dienone is 4. The SMILES string of the molecule is CC1(C(Cl)(Cl)Cl)C=CC([n+]2ccccc2)C=C1. The Morgan fingerprint density at radius 3 is 2.00 bits per heavy atom. The van der Waals surface area contributed by atoms with Gasteiger partial charge in [0.1, 0.15) is 0 Å². The molecule has 1 aromatic rings. The molecule has 0 amide bonds. The van der Waals surface area contributed by atoms with Crippen molar-refractivity contribution >= 4 is 34.8 Å². The van der Waals surface area contributed by atoms with Crippen LogP contribution in [0.1, 0.15) is 13.0 Å². The minimum absolute atomic E-state index is 0.177. The second kappa shape index (κ2) is 4.64. The molecule has 1 nitrogen and oxygen atoms in total. The highest BCUT2D eigenvalue weighted by atomic mass is 35.6. The van der Waals surface area contributed by atoms with Crippen molar-refractivity contribution in [1.29, 1.82) is 0 Å². The van der Waals surface area contributed by atoms with E-state index in [0.717, 1.165) is 0 Å². The smallest absolute Gasteiger partial charge is 0.195 e. The second-order valence-corrected chi connectivity index (χ2v) is 6.59. The monoisotopic (exact) mass is 288 g/mol. The predicted octanol–water partition coefficient (Wildman–Crippen LogP) is 4.02. The summed E-state index contributed by atoms with van der Waals surface area (Å²) in [7, 11) is 0. The first-order valence-corrected chi connectivity index (χ1v) is 6.47. The second-order valence-electron chi connectivity index (χ2n) is 4.31. The van der Waals surface area contributed by atoms with Crippen LogP contribution in [0.3, 0.4) is 0 Å². The summed E-state index contributed by atoms with van der Waals surface area (Å²) in [5.74, 6) is 0. The number of alkyl halides is 3. The maximum Gasteiger partial charge on any atom is 0.202 e. The van der Waals surface area contributed by atoms with Gasteiger partial charge in [-0.15, -0.1) is 0 Å². The number of pyridine rings is 1. The molecule has 0 aliphatic heterocycles. The third-order valence-corrected chi connectivity index (χ3v) is 4.19. The van der Waals surface area contributed by atoms with Crippen molar-refractivity contribution in [1.82, 2.24) is 0 Å². The summed E-state index contributed by atoms with van der Waals surface area (Å²) in [6.45, 7) is 1.90. The number of hydrogen-bond acceptors (Lipinski definition) is 0. The van der Waals surface area contributed by atoms with Crippen molar-refractivity contribution in [2.24, 2.45) is 5.41 Å². The summed E-state index contributed by atoms with van der Waals surface area (Å²) in [6, 6.07) is 6.14. The zero-order valence-electron chi connectivity index (χ0n) is 9.35. The van der Waals surface area contributed by atoms with Crippen molar-refractivity contribution in [2.45, 2.75) is 16.8 Å².